The molecule has 0 aromatic heterocycles. The van der Waals surface area contributed by atoms with Crippen molar-refractivity contribution in [2.24, 2.45) is 5.92 Å². The molecule has 0 spiro atoms. The summed E-state index contributed by atoms with van der Waals surface area (Å²) in [5.41, 5.74) is 0. The van der Waals surface area contributed by atoms with Crippen molar-refractivity contribution in [2.45, 2.75) is 51.5 Å². The number of nitrogens with zero attached hydrogens (tertiary/aromatic N) is 1. The third-order valence-electron chi connectivity index (χ3n) is 4.13. The van der Waals surface area contributed by atoms with Gasteiger partial charge in [-0.3, -0.25) is 0 Å². The molecule has 1 aliphatic rings. The van der Waals surface area contributed by atoms with Crippen molar-refractivity contribution in [3.63, 3.8) is 0 Å². The fourth-order valence-electron chi connectivity index (χ4n) is 2.74. The standard InChI is InChI=1S/C15H31N3O2/c1-3-4-10-18(2)11-9-16-15(20)17-14-8-6-5-7-13(14)12-19/h13-14,19H,3-12H2,1-2H3,(H2,16,17,20). The van der Waals surface area contributed by atoms with Crippen molar-refractivity contribution in [2.75, 3.05) is 33.3 Å². The van der Waals surface area contributed by atoms with Crippen molar-refractivity contribution < 1.29 is 9.90 Å². The lowest BCUT2D eigenvalue weighted by molar-refractivity contribution is 0.153. The zero-order valence-electron chi connectivity index (χ0n) is 13.0. The van der Waals surface area contributed by atoms with Crippen molar-refractivity contribution in [3.8, 4) is 0 Å². The minimum absolute atomic E-state index is 0.0979. The number of hydrogen-bond acceptors (Lipinski definition) is 3. The molecule has 1 fully saturated rings. The minimum atomic E-state index is -0.0979. The van der Waals surface area contributed by atoms with Gasteiger partial charge in [0.25, 0.3) is 0 Å². The summed E-state index contributed by atoms with van der Waals surface area (Å²) in [7, 11) is 2.08. The second-order valence-corrected chi connectivity index (χ2v) is 5.89. The Morgan fingerprint density at radius 1 is 1.30 bits per heavy atom. The van der Waals surface area contributed by atoms with E-state index in [9.17, 15) is 9.90 Å². The van der Waals surface area contributed by atoms with E-state index < -0.39 is 0 Å². The molecule has 0 aliphatic heterocycles. The molecular weight excluding hydrogens is 254 g/mol. The highest BCUT2D eigenvalue weighted by atomic mass is 16.3. The van der Waals surface area contributed by atoms with E-state index in [0.717, 1.165) is 38.8 Å². The maximum absolute atomic E-state index is 11.8. The molecule has 118 valence electrons. The average Bonchev–Trinajstić information content (AvgIpc) is 2.45. The molecule has 2 unspecified atom stereocenters. The van der Waals surface area contributed by atoms with Crippen LogP contribution in [0, 0.1) is 5.92 Å². The topological polar surface area (TPSA) is 64.6 Å². The summed E-state index contributed by atoms with van der Waals surface area (Å²) < 4.78 is 0. The highest BCUT2D eigenvalue weighted by molar-refractivity contribution is 5.74. The van der Waals surface area contributed by atoms with E-state index >= 15 is 0 Å². The van der Waals surface area contributed by atoms with E-state index in [1.807, 2.05) is 0 Å². The van der Waals surface area contributed by atoms with Crippen molar-refractivity contribution in [1.29, 1.82) is 0 Å². The Hall–Kier alpha value is -0.810. The van der Waals surface area contributed by atoms with E-state index in [0.29, 0.717) is 6.54 Å². The second kappa shape index (κ2) is 10.00. The molecule has 2 amide bonds. The van der Waals surface area contributed by atoms with Crippen LogP contribution in [-0.4, -0.2) is 55.4 Å². The number of carbonyl (C=O) groups is 1. The summed E-state index contributed by atoms with van der Waals surface area (Å²) in [5, 5.41) is 15.2. The normalized spacial score (nSPS) is 22.8. The molecule has 5 nitrogen and oxygen atoms in total. The summed E-state index contributed by atoms with van der Waals surface area (Å²) in [5.74, 6) is 0.224. The third-order valence-corrected chi connectivity index (χ3v) is 4.13. The highest BCUT2D eigenvalue weighted by Crippen LogP contribution is 2.23. The molecule has 0 saturated heterocycles. The first-order valence-corrected chi connectivity index (χ1v) is 8.01. The Kier molecular flexibility index (Phi) is 8.62. The molecule has 0 aromatic carbocycles. The molecule has 2 atom stereocenters. The van der Waals surface area contributed by atoms with Crippen LogP contribution in [0.25, 0.3) is 0 Å². The predicted molar refractivity (Wildman–Crippen MR) is 81.8 cm³/mol. The zero-order chi connectivity index (χ0) is 14.8. The highest BCUT2D eigenvalue weighted by Gasteiger charge is 2.25. The summed E-state index contributed by atoms with van der Waals surface area (Å²) in [6.07, 6.45) is 6.69. The van der Waals surface area contributed by atoms with Gasteiger partial charge in [0.2, 0.25) is 0 Å². The molecule has 0 bridgehead atoms. The lowest BCUT2D eigenvalue weighted by Gasteiger charge is -2.30. The second-order valence-electron chi connectivity index (χ2n) is 5.89. The van der Waals surface area contributed by atoms with Crippen molar-refractivity contribution in [3.05, 3.63) is 0 Å². The summed E-state index contributed by atoms with van der Waals surface area (Å²) in [6.45, 7) is 4.98. The van der Waals surface area contributed by atoms with Crippen molar-refractivity contribution in [1.82, 2.24) is 15.5 Å². The largest absolute Gasteiger partial charge is 0.396 e. The van der Waals surface area contributed by atoms with Crippen LogP contribution >= 0.6 is 0 Å². The maximum atomic E-state index is 11.8. The number of amides is 2. The number of hydrogen-bond donors (Lipinski definition) is 3. The molecule has 0 heterocycles. The van der Waals surface area contributed by atoms with Gasteiger partial charge in [-0.1, -0.05) is 26.2 Å². The monoisotopic (exact) mass is 285 g/mol. The first-order valence-electron chi connectivity index (χ1n) is 8.01. The van der Waals surface area contributed by atoms with Crippen molar-refractivity contribution >= 4 is 6.03 Å². The lowest BCUT2D eigenvalue weighted by atomic mass is 9.85. The molecular formula is C15H31N3O2. The van der Waals surface area contributed by atoms with Gasteiger partial charge in [0.15, 0.2) is 0 Å². The fraction of sp³-hybridized carbons (Fsp3) is 0.933. The molecule has 1 aliphatic carbocycles. The van der Waals surface area contributed by atoms with Gasteiger partial charge < -0.3 is 20.6 Å². The van der Waals surface area contributed by atoms with Gasteiger partial charge in [-0.15, -0.1) is 0 Å². The number of urea groups is 1. The Bertz CT molecular complexity index is 274. The summed E-state index contributed by atoms with van der Waals surface area (Å²) in [6, 6.07) is 0.0332. The van der Waals surface area contributed by atoms with Gasteiger partial charge in [0.1, 0.15) is 0 Å². The minimum Gasteiger partial charge on any atom is -0.396 e. The average molecular weight is 285 g/mol. The Balaban J connectivity index is 2.16. The van der Waals surface area contributed by atoms with Crippen LogP contribution in [0.15, 0.2) is 0 Å². The van der Waals surface area contributed by atoms with E-state index in [2.05, 4.69) is 29.5 Å². The van der Waals surface area contributed by atoms with Gasteiger partial charge in [0, 0.05) is 31.7 Å². The first kappa shape index (κ1) is 17.2. The van der Waals surface area contributed by atoms with Gasteiger partial charge >= 0.3 is 6.03 Å². The van der Waals surface area contributed by atoms with E-state index in [1.165, 1.54) is 12.8 Å². The number of likely N-dealkylation sites (N-methyl/N-ethyl adjacent to an activating group) is 1. The molecule has 1 saturated carbocycles. The van der Waals surface area contributed by atoms with Gasteiger partial charge in [-0.25, -0.2) is 4.79 Å². The number of carbonyl (C=O) groups excluding carboxylic acids is 1. The number of aliphatic hydroxyl groups excluding tert-OH is 1. The van der Waals surface area contributed by atoms with Gasteiger partial charge in [-0.2, -0.15) is 0 Å². The van der Waals surface area contributed by atoms with Crippen LogP contribution < -0.4 is 10.6 Å². The Morgan fingerprint density at radius 2 is 2.05 bits per heavy atom. The Labute approximate surface area is 123 Å². The predicted octanol–water partition coefficient (Wildman–Crippen LogP) is 1.57. The SMILES string of the molecule is CCCCN(C)CCNC(=O)NC1CCCCC1CO. The lowest BCUT2D eigenvalue weighted by Crippen LogP contribution is -2.48. The smallest absolute Gasteiger partial charge is 0.315 e. The van der Waals surface area contributed by atoms with Crippen LogP contribution in [0.4, 0.5) is 4.79 Å². The van der Waals surface area contributed by atoms with Crippen LogP contribution in [0.5, 0.6) is 0 Å². The number of nitrogens with one attached hydrogen (secondary N) is 2. The third kappa shape index (κ3) is 6.57. The Morgan fingerprint density at radius 3 is 2.75 bits per heavy atom. The molecule has 20 heavy (non-hydrogen) atoms. The molecule has 5 heteroatoms. The fourth-order valence-corrected chi connectivity index (χ4v) is 2.74. The van der Waals surface area contributed by atoms with Crippen LogP contribution in [0.2, 0.25) is 0 Å². The van der Waals surface area contributed by atoms with Gasteiger partial charge in [0.05, 0.1) is 0 Å². The number of aliphatic hydroxyl groups is 1. The van der Waals surface area contributed by atoms with E-state index in [4.69, 9.17) is 0 Å². The summed E-state index contributed by atoms with van der Waals surface area (Å²) in [4.78, 5) is 14.1. The first-order chi connectivity index (χ1) is 9.67. The van der Waals surface area contributed by atoms with Gasteiger partial charge in [-0.05, 0) is 32.9 Å². The quantitative estimate of drug-likeness (QED) is 0.634. The zero-order valence-corrected chi connectivity index (χ0v) is 13.0. The van der Waals surface area contributed by atoms with E-state index in [-0.39, 0.29) is 24.6 Å². The molecule has 3 N–H and O–H groups in total. The maximum Gasteiger partial charge on any atom is 0.315 e. The van der Waals surface area contributed by atoms with E-state index in [1.54, 1.807) is 0 Å². The number of rotatable bonds is 8. The summed E-state index contributed by atoms with van der Waals surface area (Å²) >= 11 is 0. The molecule has 0 aromatic rings. The van der Waals surface area contributed by atoms with Crippen LogP contribution in [0.1, 0.15) is 45.4 Å². The molecule has 1 rings (SSSR count). The number of unbranched alkanes of at least 4 members (excludes halogenated alkanes) is 1. The molecule has 0 radical (unpaired) electrons. The van der Waals surface area contributed by atoms with Crippen LogP contribution in [0.3, 0.4) is 0 Å². The van der Waals surface area contributed by atoms with Crippen LogP contribution in [-0.2, 0) is 0 Å².